The number of allylic oxidation sites excluding steroid dienone is 2. The van der Waals surface area contributed by atoms with E-state index in [1.54, 1.807) is 18.2 Å². The average molecular weight is 166 g/mol. The third-order valence-electron chi connectivity index (χ3n) is 1.48. The molecule has 0 fully saturated rings. The Bertz CT molecular complexity index is 261. The van der Waals surface area contributed by atoms with Gasteiger partial charge in [0.2, 0.25) is 0 Å². The van der Waals surface area contributed by atoms with Gasteiger partial charge in [0, 0.05) is 5.57 Å². The molecule has 1 aliphatic heterocycles. The van der Waals surface area contributed by atoms with Crippen molar-refractivity contribution in [3.05, 3.63) is 36.1 Å². The van der Waals surface area contributed by atoms with E-state index in [0.29, 0.717) is 5.57 Å². The number of hydrogen-bond acceptors (Lipinski definition) is 2. The number of aliphatic carboxylic acids is 1. The van der Waals surface area contributed by atoms with Crippen LogP contribution in [0.5, 0.6) is 0 Å². The Labute approximate surface area is 70.7 Å². The van der Waals surface area contributed by atoms with Crippen molar-refractivity contribution < 1.29 is 14.6 Å². The molecule has 0 aromatic rings. The Morgan fingerprint density at radius 2 is 2.33 bits per heavy atom. The molecule has 1 unspecified atom stereocenters. The standard InChI is InChI=1S/C9H10O3/c1-7(9(10)11)6-8-4-2-3-5-12-8/h2-6,8H,1H3,(H,10,11)/b7-6+. The summed E-state index contributed by atoms with van der Waals surface area (Å²) in [5.74, 6) is -0.915. The minimum Gasteiger partial charge on any atom is -0.490 e. The molecule has 0 aliphatic carbocycles. The number of carboxylic acids is 1. The van der Waals surface area contributed by atoms with Gasteiger partial charge in [-0.1, -0.05) is 6.08 Å². The van der Waals surface area contributed by atoms with E-state index < -0.39 is 5.97 Å². The highest BCUT2D eigenvalue weighted by Crippen LogP contribution is 2.06. The molecule has 0 aromatic heterocycles. The Morgan fingerprint density at radius 3 is 2.83 bits per heavy atom. The quantitative estimate of drug-likeness (QED) is 0.632. The molecule has 64 valence electrons. The molecule has 0 saturated heterocycles. The lowest BCUT2D eigenvalue weighted by atomic mass is 10.2. The van der Waals surface area contributed by atoms with E-state index >= 15 is 0 Å². The van der Waals surface area contributed by atoms with Crippen LogP contribution < -0.4 is 0 Å². The van der Waals surface area contributed by atoms with Crippen molar-refractivity contribution in [1.29, 1.82) is 0 Å². The van der Waals surface area contributed by atoms with Crippen LogP contribution in [-0.4, -0.2) is 17.2 Å². The average Bonchev–Trinajstić information content (AvgIpc) is 2.06. The van der Waals surface area contributed by atoms with Gasteiger partial charge in [-0.25, -0.2) is 4.79 Å². The largest absolute Gasteiger partial charge is 0.490 e. The molecular formula is C9H10O3. The van der Waals surface area contributed by atoms with Gasteiger partial charge < -0.3 is 9.84 Å². The van der Waals surface area contributed by atoms with Crippen molar-refractivity contribution in [2.45, 2.75) is 13.0 Å². The summed E-state index contributed by atoms with van der Waals surface area (Å²) in [5, 5.41) is 8.55. The highest BCUT2D eigenvalue weighted by atomic mass is 16.5. The van der Waals surface area contributed by atoms with Crippen molar-refractivity contribution >= 4 is 5.97 Å². The van der Waals surface area contributed by atoms with Crippen LogP contribution in [0.3, 0.4) is 0 Å². The second-order valence-corrected chi connectivity index (χ2v) is 2.47. The number of hydrogen-bond donors (Lipinski definition) is 1. The molecule has 0 amide bonds. The maximum Gasteiger partial charge on any atom is 0.331 e. The SMILES string of the molecule is C/C(=C\C1C=CC=CO1)C(=O)O. The predicted octanol–water partition coefficient (Wildman–Crippen LogP) is 1.49. The van der Waals surface area contributed by atoms with Crippen LogP contribution in [-0.2, 0) is 9.53 Å². The number of ether oxygens (including phenoxy) is 1. The molecule has 3 heteroatoms. The van der Waals surface area contributed by atoms with Crippen molar-refractivity contribution in [1.82, 2.24) is 0 Å². The van der Waals surface area contributed by atoms with E-state index in [0.717, 1.165) is 0 Å². The lowest BCUT2D eigenvalue weighted by molar-refractivity contribution is -0.132. The molecule has 1 atom stereocenters. The fourth-order valence-electron chi connectivity index (χ4n) is 0.813. The topological polar surface area (TPSA) is 46.5 Å². The lowest BCUT2D eigenvalue weighted by Crippen LogP contribution is -2.07. The molecule has 0 bridgehead atoms. The summed E-state index contributed by atoms with van der Waals surface area (Å²) < 4.78 is 5.09. The van der Waals surface area contributed by atoms with Gasteiger partial charge in [-0.3, -0.25) is 0 Å². The minimum absolute atomic E-state index is 0.244. The zero-order valence-corrected chi connectivity index (χ0v) is 6.73. The fraction of sp³-hybridized carbons (Fsp3) is 0.222. The summed E-state index contributed by atoms with van der Waals surface area (Å²) in [6.45, 7) is 1.54. The second-order valence-electron chi connectivity index (χ2n) is 2.47. The first-order chi connectivity index (χ1) is 5.70. The number of carbonyl (C=O) groups is 1. The molecule has 1 N–H and O–H groups in total. The van der Waals surface area contributed by atoms with Crippen LogP contribution in [0.1, 0.15) is 6.92 Å². The molecule has 0 spiro atoms. The van der Waals surface area contributed by atoms with Crippen molar-refractivity contribution in [2.24, 2.45) is 0 Å². The number of rotatable bonds is 2. The van der Waals surface area contributed by atoms with Crippen LogP contribution >= 0.6 is 0 Å². The molecule has 12 heavy (non-hydrogen) atoms. The third kappa shape index (κ3) is 2.27. The maximum atomic E-state index is 10.4. The Kier molecular flexibility index (Phi) is 2.69. The highest BCUT2D eigenvalue weighted by molar-refractivity contribution is 5.85. The molecule has 3 nitrogen and oxygen atoms in total. The van der Waals surface area contributed by atoms with Gasteiger partial charge in [0.1, 0.15) is 6.10 Å². The summed E-state index contributed by atoms with van der Waals surface area (Å²) in [4.78, 5) is 10.4. The summed E-state index contributed by atoms with van der Waals surface area (Å²) in [5.41, 5.74) is 0.292. The zero-order chi connectivity index (χ0) is 8.97. The van der Waals surface area contributed by atoms with Gasteiger partial charge in [-0.2, -0.15) is 0 Å². The predicted molar refractivity (Wildman–Crippen MR) is 44.5 cm³/mol. The van der Waals surface area contributed by atoms with E-state index in [9.17, 15) is 4.79 Å². The summed E-state index contributed by atoms with van der Waals surface area (Å²) in [6, 6.07) is 0. The first-order valence-electron chi connectivity index (χ1n) is 3.60. The van der Waals surface area contributed by atoms with Crippen molar-refractivity contribution in [3.8, 4) is 0 Å². The summed E-state index contributed by atoms with van der Waals surface area (Å²) >= 11 is 0. The van der Waals surface area contributed by atoms with Crippen molar-refractivity contribution in [3.63, 3.8) is 0 Å². The van der Waals surface area contributed by atoms with E-state index in [1.165, 1.54) is 13.2 Å². The molecule has 0 aromatic carbocycles. The summed E-state index contributed by atoms with van der Waals surface area (Å²) in [7, 11) is 0. The first-order valence-corrected chi connectivity index (χ1v) is 3.60. The van der Waals surface area contributed by atoms with Crippen LogP contribution in [0.25, 0.3) is 0 Å². The van der Waals surface area contributed by atoms with Gasteiger partial charge in [0.15, 0.2) is 0 Å². The van der Waals surface area contributed by atoms with E-state index in [2.05, 4.69) is 0 Å². The van der Waals surface area contributed by atoms with Gasteiger partial charge in [0.05, 0.1) is 6.26 Å². The Hall–Kier alpha value is -1.51. The molecule has 1 rings (SSSR count). The van der Waals surface area contributed by atoms with Gasteiger partial charge in [-0.15, -0.1) is 0 Å². The maximum absolute atomic E-state index is 10.4. The van der Waals surface area contributed by atoms with Crippen LogP contribution in [0.4, 0.5) is 0 Å². The second kappa shape index (κ2) is 3.76. The Morgan fingerprint density at radius 1 is 1.58 bits per heavy atom. The molecule has 1 aliphatic rings. The van der Waals surface area contributed by atoms with Gasteiger partial charge in [-0.05, 0) is 25.2 Å². The fourth-order valence-corrected chi connectivity index (χ4v) is 0.813. The van der Waals surface area contributed by atoms with Gasteiger partial charge >= 0.3 is 5.97 Å². The molecule has 0 saturated carbocycles. The molecule has 1 heterocycles. The lowest BCUT2D eigenvalue weighted by Gasteiger charge is -2.10. The Balaban J connectivity index is 2.61. The van der Waals surface area contributed by atoms with Crippen LogP contribution in [0.15, 0.2) is 36.1 Å². The van der Waals surface area contributed by atoms with Gasteiger partial charge in [0.25, 0.3) is 0 Å². The van der Waals surface area contributed by atoms with E-state index in [1.807, 2.05) is 6.08 Å². The van der Waals surface area contributed by atoms with Crippen LogP contribution in [0.2, 0.25) is 0 Å². The highest BCUT2D eigenvalue weighted by Gasteiger charge is 2.06. The smallest absolute Gasteiger partial charge is 0.331 e. The monoisotopic (exact) mass is 166 g/mol. The minimum atomic E-state index is -0.915. The van der Waals surface area contributed by atoms with E-state index in [-0.39, 0.29) is 6.10 Å². The van der Waals surface area contributed by atoms with Crippen molar-refractivity contribution in [2.75, 3.05) is 0 Å². The van der Waals surface area contributed by atoms with Crippen LogP contribution in [0, 0.1) is 0 Å². The normalized spacial score (nSPS) is 22.1. The van der Waals surface area contributed by atoms with E-state index in [4.69, 9.17) is 9.84 Å². The molecule has 0 radical (unpaired) electrons. The summed E-state index contributed by atoms with van der Waals surface area (Å²) in [6.07, 6.45) is 8.21. The first kappa shape index (κ1) is 8.59. The number of carboxylic acid groups (broad SMARTS) is 1. The molecular weight excluding hydrogens is 156 g/mol. The third-order valence-corrected chi connectivity index (χ3v) is 1.48. The zero-order valence-electron chi connectivity index (χ0n) is 6.73.